The molecule has 3 rings (SSSR count). The van der Waals surface area contributed by atoms with Crippen molar-refractivity contribution in [3.63, 3.8) is 0 Å². The first-order valence-corrected chi connectivity index (χ1v) is 10.5. The Kier molecular flexibility index (Phi) is 4.89. The van der Waals surface area contributed by atoms with Crippen LogP contribution in [-0.2, 0) is 20.2 Å². The lowest BCUT2D eigenvalue weighted by molar-refractivity contribution is -0.128. The highest BCUT2D eigenvalue weighted by Gasteiger charge is 2.47. The summed E-state index contributed by atoms with van der Waals surface area (Å²) in [5.41, 5.74) is 2.74. The minimum atomic E-state index is -4.01. The Balaban J connectivity index is 1.99. The van der Waals surface area contributed by atoms with Gasteiger partial charge in [0.1, 0.15) is 5.82 Å². The molecule has 0 radical (unpaired) electrons. The molecule has 27 heavy (non-hydrogen) atoms. The van der Waals surface area contributed by atoms with E-state index < -0.39 is 21.3 Å². The Morgan fingerprint density at radius 2 is 1.52 bits per heavy atom. The molecule has 1 amide bonds. The van der Waals surface area contributed by atoms with Crippen LogP contribution in [0.3, 0.4) is 0 Å². The minimum Gasteiger partial charge on any atom is -0.273 e. The Labute approximate surface area is 159 Å². The van der Waals surface area contributed by atoms with Gasteiger partial charge in [-0.1, -0.05) is 24.6 Å². The summed E-state index contributed by atoms with van der Waals surface area (Å²) >= 11 is 0. The first-order chi connectivity index (χ1) is 12.6. The highest BCUT2D eigenvalue weighted by molar-refractivity contribution is 7.90. The predicted molar refractivity (Wildman–Crippen MR) is 103 cm³/mol. The molecule has 0 aliphatic heterocycles. The number of carbonyl (C=O) groups excluding carboxylic acids is 1. The zero-order valence-electron chi connectivity index (χ0n) is 16.0. The zero-order chi connectivity index (χ0) is 20.0. The van der Waals surface area contributed by atoms with Crippen LogP contribution in [-0.4, -0.2) is 14.3 Å². The number of carbonyl (C=O) groups is 1. The highest BCUT2D eigenvalue weighted by atomic mass is 32.2. The standard InChI is InChI=1S/C21H24FNO3S/c1-13-12-14(2)16(4)19(15(13)3)27(25,26)23-20(24)21(10-5-11-21)17-6-8-18(22)9-7-17/h6-9,12H,5,10-11H2,1-4H3,(H,23,24). The molecule has 2 aromatic carbocycles. The van der Waals surface area contributed by atoms with Gasteiger partial charge in [-0.3, -0.25) is 4.79 Å². The fraction of sp³-hybridized carbons (Fsp3) is 0.381. The summed E-state index contributed by atoms with van der Waals surface area (Å²) in [5.74, 6) is -0.930. The van der Waals surface area contributed by atoms with E-state index in [4.69, 9.17) is 0 Å². The van der Waals surface area contributed by atoms with Crippen molar-refractivity contribution in [2.24, 2.45) is 0 Å². The average molecular weight is 389 g/mol. The van der Waals surface area contributed by atoms with Crippen LogP contribution in [0.25, 0.3) is 0 Å². The molecule has 6 heteroatoms. The van der Waals surface area contributed by atoms with Crippen molar-refractivity contribution in [3.8, 4) is 0 Å². The third-order valence-electron chi connectivity index (χ3n) is 5.83. The molecule has 1 aliphatic rings. The lowest BCUT2D eigenvalue weighted by atomic mass is 9.64. The van der Waals surface area contributed by atoms with Gasteiger partial charge in [0.25, 0.3) is 10.0 Å². The number of halogens is 1. The van der Waals surface area contributed by atoms with E-state index in [2.05, 4.69) is 4.72 Å². The summed E-state index contributed by atoms with van der Waals surface area (Å²) in [4.78, 5) is 13.2. The van der Waals surface area contributed by atoms with Crippen molar-refractivity contribution >= 4 is 15.9 Å². The summed E-state index contributed by atoms with van der Waals surface area (Å²) < 4.78 is 41.7. The molecule has 1 N–H and O–H groups in total. The van der Waals surface area contributed by atoms with E-state index in [0.29, 0.717) is 29.5 Å². The van der Waals surface area contributed by atoms with Gasteiger partial charge in [0, 0.05) is 0 Å². The molecule has 4 nitrogen and oxygen atoms in total. The summed E-state index contributed by atoms with van der Waals surface area (Å²) in [6.45, 7) is 7.21. The lowest BCUT2D eigenvalue weighted by Crippen LogP contribution is -2.51. The van der Waals surface area contributed by atoms with E-state index in [9.17, 15) is 17.6 Å². The number of hydrogen-bond donors (Lipinski definition) is 1. The van der Waals surface area contributed by atoms with Crippen LogP contribution in [0.15, 0.2) is 35.2 Å². The van der Waals surface area contributed by atoms with Crippen LogP contribution in [0.2, 0.25) is 0 Å². The third kappa shape index (κ3) is 3.27. The van der Waals surface area contributed by atoms with Crippen LogP contribution in [0.4, 0.5) is 4.39 Å². The van der Waals surface area contributed by atoms with Crippen LogP contribution in [0.5, 0.6) is 0 Å². The largest absolute Gasteiger partial charge is 0.273 e. The average Bonchev–Trinajstić information content (AvgIpc) is 2.53. The number of rotatable bonds is 4. The molecule has 0 spiro atoms. The van der Waals surface area contributed by atoms with E-state index in [1.54, 1.807) is 26.0 Å². The molecule has 0 unspecified atom stereocenters. The fourth-order valence-corrected chi connectivity index (χ4v) is 5.47. The minimum absolute atomic E-state index is 0.168. The molecular weight excluding hydrogens is 365 g/mol. The van der Waals surface area contributed by atoms with Crippen LogP contribution in [0, 0.1) is 33.5 Å². The van der Waals surface area contributed by atoms with E-state index >= 15 is 0 Å². The normalized spacial score (nSPS) is 15.9. The van der Waals surface area contributed by atoms with Gasteiger partial charge in [0.05, 0.1) is 10.3 Å². The van der Waals surface area contributed by atoms with Gasteiger partial charge >= 0.3 is 0 Å². The molecule has 0 heterocycles. The second kappa shape index (κ2) is 6.75. The molecule has 1 aliphatic carbocycles. The van der Waals surface area contributed by atoms with Gasteiger partial charge in [-0.15, -0.1) is 0 Å². The van der Waals surface area contributed by atoms with Gasteiger partial charge in [0.15, 0.2) is 0 Å². The van der Waals surface area contributed by atoms with Gasteiger partial charge in [0.2, 0.25) is 5.91 Å². The molecule has 1 fully saturated rings. The molecule has 1 saturated carbocycles. The van der Waals surface area contributed by atoms with E-state index in [1.165, 1.54) is 12.1 Å². The summed E-state index contributed by atoms with van der Waals surface area (Å²) in [6.07, 6.45) is 1.92. The van der Waals surface area contributed by atoms with Gasteiger partial charge in [-0.05, 0) is 80.5 Å². The number of benzene rings is 2. The van der Waals surface area contributed by atoms with Crippen molar-refractivity contribution in [3.05, 3.63) is 64.0 Å². The fourth-order valence-electron chi connectivity index (χ4n) is 3.80. The Morgan fingerprint density at radius 3 is 1.96 bits per heavy atom. The molecule has 144 valence electrons. The number of hydrogen-bond acceptors (Lipinski definition) is 3. The van der Waals surface area contributed by atoms with Gasteiger partial charge in [-0.2, -0.15) is 0 Å². The maximum atomic E-state index is 13.3. The van der Waals surface area contributed by atoms with Crippen molar-refractivity contribution in [2.45, 2.75) is 57.3 Å². The Hall–Kier alpha value is -2.21. The van der Waals surface area contributed by atoms with Crippen molar-refractivity contribution < 1.29 is 17.6 Å². The van der Waals surface area contributed by atoms with Crippen molar-refractivity contribution in [1.29, 1.82) is 0 Å². The highest BCUT2D eigenvalue weighted by Crippen LogP contribution is 2.44. The number of amides is 1. The summed E-state index contributed by atoms with van der Waals surface area (Å²) in [5, 5.41) is 0. The molecule has 0 aromatic heterocycles. The molecular formula is C21H24FNO3S. The third-order valence-corrected chi connectivity index (χ3v) is 7.44. The summed E-state index contributed by atoms with van der Waals surface area (Å²) in [7, 11) is -4.01. The van der Waals surface area contributed by atoms with E-state index in [0.717, 1.165) is 17.5 Å². The topological polar surface area (TPSA) is 63.2 Å². The quantitative estimate of drug-likeness (QED) is 0.860. The zero-order valence-corrected chi connectivity index (χ0v) is 16.8. The van der Waals surface area contributed by atoms with Crippen LogP contribution >= 0.6 is 0 Å². The summed E-state index contributed by atoms with van der Waals surface area (Å²) in [6, 6.07) is 7.67. The van der Waals surface area contributed by atoms with E-state index in [-0.39, 0.29) is 10.7 Å². The number of aryl methyl sites for hydroxylation is 2. The first kappa shape index (κ1) is 19.5. The first-order valence-electron chi connectivity index (χ1n) is 8.99. The van der Waals surface area contributed by atoms with Gasteiger partial charge < -0.3 is 0 Å². The predicted octanol–water partition coefficient (Wildman–Crippen LogP) is 3.99. The SMILES string of the molecule is Cc1cc(C)c(C)c(S(=O)(=O)NC(=O)C2(c3ccc(F)cc3)CCC2)c1C. The maximum Gasteiger partial charge on any atom is 0.264 e. The Morgan fingerprint density at radius 1 is 1.00 bits per heavy atom. The smallest absolute Gasteiger partial charge is 0.264 e. The monoisotopic (exact) mass is 389 g/mol. The lowest BCUT2D eigenvalue weighted by Gasteiger charge is -2.40. The maximum absolute atomic E-state index is 13.3. The molecule has 0 saturated heterocycles. The molecule has 0 bridgehead atoms. The molecule has 0 atom stereocenters. The van der Waals surface area contributed by atoms with E-state index in [1.807, 2.05) is 19.9 Å². The second-order valence-corrected chi connectivity index (χ2v) is 9.09. The Bertz CT molecular complexity index is 980. The van der Waals surface area contributed by atoms with Crippen LogP contribution < -0.4 is 4.72 Å². The van der Waals surface area contributed by atoms with Crippen molar-refractivity contribution in [2.75, 3.05) is 0 Å². The second-order valence-electron chi connectivity index (χ2n) is 7.47. The number of nitrogens with one attached hydrogen (secondary N) is 1. The number of sulfonamides is 1. The van der Waals surface area contributed by atoms with Gasteiger partial charge in [-0.25, -0.2) is 17.5 Å². The van der Waals surface area contributed by atoms with Crippen molar-refractivity contribution in [1.82, 2.24) is 4.72 Å². The molecule has 2 aromatic rings. The van der Waals surface area contributed by atoms with Crippen LogP contribution in [0.1, 0.15) is 47.1 Å².